The Labute approximate surface area is 167 Å². The van der Waals surface area contributed by atoms with Crippen LogP contribution in [0.1, 0.15) is 51.4 Å². The number of hydrogen-bond donors (Lipinski definition) is 3. The van der Waals surface area contributed by atoms with Gasteiger partial charge in [0.2, 0.25) is 5.95 Å². The van der Waals surface area contributed by atoms with Crippen LogP contribution in [0, 0.1) is 11.8 Å². The van der Waals surface area contributed by atoms with Gasteiger partial charge in [-0.25, -0.2) is 4.98 Å². The molecule has 0 spiro atoms. The Morgan fingerprint density at radius 3 is 2.48 bits per heavy atom. The van der Waals surface area contributed by atoms with Crippen molar-refractivity contribution in [3.63, 3.8) is 0 Å². The smallest absolute Gasteiger partial charge is 0.224 e. The minimum absolute atomic E-state index is 0.438. The van der Waals surface area contributed by atoms with Crippen molar-refractivity contribution < 1.29 is 0 Å². The van der Waals surface area contributed by atoms with Crippen molar-refractivity contribution in [3.8, 4) is 0 Å². The molecule has 3 fully saturated rings. The van der Waals surface area contributed by atoms with Gasteiger partial charge in [0.15, 0.2) is 5.11 Å². The first kappa shape index (κ1) is 18.7. The molecule has 3 unspecified atom stereocenters. The van der Waals surface area contributed by atoms with Crippen molar-refractivity contribution in [2.75, 3.05) is 24.3 Å². The van der Waals surface area contributed by atoms with E-state index >= 15 is 0 Å². The van der Waals surface area contributed by atoms with Gasteiger partial charge in [0.1, 0.15) is 5.82 Å². The van der Waals surface area contributed by atoms with Gasteiger partial charge in [0.25, 0.3) is 0 Å². The Morgan fingerprint density at radius 2 is 1.81 bits per heavy atom. The second kappa shape index (κ2) is 8.17. The first-order chi connectivity index (χ1) is 13.1. The molecule has 2 bridgehead atoms. The third-order valence-corrected chi connectivity index (χ3v) is 6.78. The number of thiocarbonyl (C=S) groups is 1. The quantitative estimate of drug-likeness (QED) is 0.670. The summed E-state index contributed by atoms with van der Waals surface area (Å²) in [5.74, 6) is 3.46. The summed E-state index contributed by atoms with van der Waals surface area (Å²) in [7, 11) is 3.99. The fourth-order valence-corrected chi connectivity index (χ4v) is 5.37. The van der Waals surface area contributed by atoms with E-state index < -0.39 is 0 Å². The minimum Gasteiger partial charge on any atom is -0.363 e. The number of fused-ring (bicyclic) bond motifs is 2. The molecular formula is C20H32N6S. The predicted octanol–water partition coefficient (Wildman–Crippen LogP) is 2.92. The lowest BCUT2D eigenvalue weighted by Gasteiger charge is -2.32. The molecule has 1 aromatic rings. The summed E-state index contributed by atoms with van der Waals surface area (Å²) in [6.45, 7) is 0. The van der Waals surface area contributed by atoms with E-state index in [1.54, 1.807) is 0 Å². The van der Waals surface area contributed by atoms with Crippen LogP contribution in [0.25, 0.3) is 0 Å². The van der Waals surface area contributed by atoms with Crippen LogP contribution in [0.5, 0.6) is 0 Å². The largest absolute Gasteiger partial charge is 0.363 e. The average Bonchev–Trinajstić information content (AvgIpc) is 3.26. The zero-order chi connectivity index (χ0) is 18.8. The topological polar surface area (TPSA) is 65.1 Å². The van der Waals surface area contributed by atoms with E-state index in [-0.39, 0.29) is 0 Å². The van der Waals surface area contributed by atoms with Crippen molar-refractivity contribution >= 4 is 29.1 Å². The van der Waals surface area contributed by atoms with Crippen molar-refractivity contribution in [3.05, 3.63) is 12.3 Å². The van der Waals surface area contributed by atoms with Gasteiger partial charge in [-0.3, -0.25) is 0 Å². The molecule has 3 atom stereocenters. The van der Waals surface area contributed by atoms with Crippen molar-refractivity contribution in [2.24, 2.45) is 11.8 Å². The van der Waals surface area contributed by atoms with E-state index in [1.807, 2.05) is 31.3 Å². The molecular weight excluding hydrogens is 356 g/mol. The van der Waals surface area contributed by atoms with Crippen molar-refractivity contribution in [1.82, 2.24) is 20.6 Å². The van der Waals surface area contributed by atoms with Crippen LogP contribution < -0.4 is 20.9 Å². The standard InChI is InChI=1S/C20H32N6S/c1-26(2)18-9-10-21-19(25-18)22-15-5-7-16(8-6-15)23-20(27)24-17-12-13-3-4-14(17)11-13/h9-10,13-17H,3-8,11-12H2,1-2H3,(H,21,22,25)(H2,23,24,27)/t13?,14?,15-,16+,17?. The summed E-state index contributed by atoms with van der Waals surface area (Å²) in [5.41, 5.74) is 0. The highest BCUT2D eigenvalue weighted by atomic mass is 32.1. The van der Waals surface area contributed by atoms with E-state index in [1.165, 1.54) is 25.7 Å². The monoisotopic (exact) mass is 388 g/mol. The van der Waals surface area contributed by atoms with Crippen molar-refractivity contribution in [2.45, 2.75) is 69.5 Å². The Balaban J connectivity index is 1.20. The Bertz CT molecular complexity index is 658. The fourth-order valence-electron chi connectivity index (χ4n) is 5.05. The highest BCUT2D eigenvalue weighted by Gasteiger charge is 2.39. The van der Waals surface area contributed by atoms with E-state index in [0.29, 0.717) is 18.1 Å². The van der Waals surface area contributed by atoms with Crippen LogP contribution in [0.4, 0.5) is 11.8 Å². The van der Waals surface area contributed by atoms with Crippen LogP contribution in [0.2, 0.25) is 0 Å². The molecule has 0 aromatic carbocycles. The molecule has 7 heteroatoms. The van der Waals surface area contributed by atoms with Gasteiger partial charge < -0.3 is 20.9 Å². The van der Waals surface area contributed by atoms with Gasteiger partial charge >= 0.3 is 0 Å². The van der Waals surface area contributed by atoms with E-state index in [9.17, 15) is 0 Å². The van der Waals surface area contributed by atoms with E-state index in [0.717, 1.165) is 54.4 Å². The molecule has 0 amide bonds. The average molecular weight is 389 g/mol. The molecule has 4 rings (SSSR count). The maximum absolute atomic E-state index is 5.60. The molecule has 0 saturated heterocycles. The first-order valence-corrected chi connectivity index (χ1v) is 10.8. The van der Waals surface area contributed by atoms with Gasteiger partial charge in [0, 0.05) is 38.4 Å². The lowest BCUT2D eigenvalue weighted by molar-refractivity contribution is 0.369. The summed E-state index contributed by atoms with van der Waals surface area (Å²) in [5, 5.41) is 11.5. The van der Waals surface area contributed by atoms with Crippen LogP contribution in [-0.4, -0.2) is 47.3 Å². The maximum atomic E-state index is 5.60. The second-order valence-corrected chi connectivity index (χ2v) is 9.13. The first-order valence-electron chi connectivity index (χ1n) is 10.4. The summed E-state index contributed by atoms with van der Waals surface area (Å²) < 4.78 is 0. The summed E-state index contributed by atoms with van der Waals surface area (Å²) in [4.78, 5) is 10.9. The lowest BCUT2D eigenvalue weighted by Crippen LogP contribution is -2.49. The van der Waals surface area contributed by atoms with E-state index in [2.05, 4.69) is 25.9 Å². The van der Waals surface area contributed by atoms with Gasteiger partial charge in [-0.2, -0.15) is 4.98 Å². The van der Waals surface area contributed by atoms with Crippen LogP contribution >= 0.6 is 12.2 Å². The Kier molecular flexibility index (Phi) is 5.66. The zero-order valence-electron chi connectivity index (χ0n) is 16.4. The predicted molar refractivity (Wildman–Crippen MR) is 114 cm³/mol. The molecule has 3 N–H and O–H groups in total. The third kappa shape index (κ3) is 4.62. The normalized spacial score (nSPS) is 32.1. The van der Waals surface area contributed by atoms with Gasteiger partial charge in [0.05, 0.1) is 0 Å². The molecule has 148 valence electrons. The van der Waals surface area contributed by atoms with Crippen LogP contribution in [-0.2, 0) is 0 Å². The number of hydrogen-bond acceptors (Lipinski definition) is 5. The molecule has 3 aliphatic rings. The Morgan fingerprint density at radius 1 is 1.04 bits per heavy atom. The highest BCUT2D eigenvalue weighted by molar-refractivity contribution is 7.80. The van der Waals surface area contributed by atoms with Gasteiger partial charge in [-0.1, -0.05) is 6.42 Å². The number of anilines is 2. The van der Waals surface area contributed by atoms with Gasteiger partial charge in [-0.05, 0) is 75.1 Å². The number of rotatable bonds is 5. The highest BCUT2D eigenvalue weighted by Crippen LogP contribution is 2.44. The molecule has 3 aliphatic carbocycles. The molecule has 27 heavy (non-hydrogen) atoms. The Hall–Kier alpha value is -1.63. The number of nitrogens with zero attached hydrogens (tertiary/aromatic N) is 3. The minimum atomic E-state index is 0.438. The molecule has 1 aromatic heterocycles. The molecule has 0 radical (unpaired) electrons. The van der Waals surface area contributed by atoms with E-state index in [4.69, 9.17) is 12.2 Å². The number of nitrogens with one attached hydrogen (secondary N) is 3. The van der Waals surface area contributed by atoms with Gasteiger partial charge in [-0.15, -0.1) is 0 Å². The molecule has 6 nitrogen and oxygen atoms in total. The summed E-state index contributed by atoms with van der Waals surface area (Å²) in [6, 6.07) is 3.46. The molecule has 3 saturated carbocycles. The fraction of sp³-hybridized carbons (Fsp3) is 0.750. The van der Waals surface area contributed by atoms with Crippen molar-refractivity contribution in [1.29, 1.82) is 0 Å². The SMILES string of the molecule is CN(C)c1ccnc(N[C@H]2CC[C@@H](NC(=S)NC3CC4CCC3C4)CC2)n1. The summed E-state index contributed by atoms with van der Waals surface area (Å²) in [6.07, 6.45) is 11.8. The molecule has 0 aliphatic heterocycles. The number of aromatic nitrogens is 2. The second-order valence-electron chi connectivity index (χ2n) is 8.72. The van der Waals surface area contributed by atoms with Crippen LogP contribution in [0.3, 0.4) is 0 Å². The maximum Gasteiger partial charge on any atom is 0.224 e. The third-order valence-electron chi connectivity index (χ3n) is 6.55. The zero-order valence-corrected chi connectivity index (χ0v) is 17.3. The van der Waals surface area contributed by atoms with Crippen LogP contribution in [0.15, 0.2) is 12.3 Å². The lowest BCUT2D eigenvalue weighted by atomic mass is 9.91. The summed E-state index contributed by atoms with van der Waals surface area (Å²) >= 11 is 5.60. The molecule has 1 heterocycles.